The van der Waals surface area contributed by atoms with Gasteiger partial charge in [0, 0.05) is 12.6 Å². The van der Waals surface area contributed by atoms with E-state index < -0.39 is 0 Å². The molecule has 1 aliphatic carbocycles. The van der Waals surface area contributed by atoms with E-state index in [9.17, 15) is 4.39 Å². The van der Waals surface area contributed by atoms with Gasteiger partial charge in [-0.15, -0.1) is 0 Å². The maximum absolute atomic E-state index is 12.8. The molecule has 1 aromatic rings. The summed E-state index contributed by atoms with van der Waals surface area (Å²) in [4.78, 5) is 2.39. The molecule has 1 nitrogen and oxygen atoms in total. The molecule has 1 aliphatic heterocycles. The van der Waals surface area contributed by atoms with Gasteiger partial charge in [0.2, 0.25) is 0 Å². The summed E-state index contributed by atoms with van der Waals surface area (Å²) < 4.78 is 12.8. The van der Waals surface area contributed by atoms with E-state index in [1.54, 1.807) is 12.1 Å². The highest BCUT2D eigenvalue weighted by Gasteiger charge is 2.37. The van der Waals surface area contributed by atoms with Crippen molar-refractivity contribution in [3.63, 3.8) is 0 Å². The van der Waals surface area contributed by atoms with Crippen LogP contribution < -0.4 is 0 Å². The number of benzene rings is 1. The highest BCUT2D eigenvalue weighted by atomic mass is 19.1. The van der Waals surface area contributed by atoms with Crippen LogP contribution in [-0.2, 0) is 0 Å². The Morgan fingerprint density at radius 2 is 2.00 bits per heavy atom. The molecule has 0 amide bonds. The van der Waals surface area contributed by atoms with Crippen LogP contribution in [0.1, 0.15) is 12.0 Å². The van der Waals surface area contributed by atoms with E-state index in [1.807, 2.05) is 12.1 Å². The lowest BCUT2D eigenvalue weighted by Crippen LogP contribution is -2.27. The van der Waals surface area contributed by atoms with Crippen LogP contribution in [0.25, 0.3) is 5.57 Å². The summed E-state index contributed by atoms with van der Waals surface area (Å²) in [5.41, 5.74) is 2.56. The van der Waals surface area contributed by atoms with Crippen LogP contribution >= 0.6 is 0 Å². The number of likely N-dealkylation sites (tertiary alicyclic amines) is 1. The van der Waals surface area contributed by atoms with Crippen LogP contribution in [0.5, 0.6) is 0 Å². The molecular formula is C13H14FN. The Hall–Kier alpha value is -1.15. The molecule has 1 fully saturated rings. The summed E-state index contributed by atoms with van der Waals surface area (Å²) in [6.07, 6.45) is 3.60. The van der Waals surface area contributed by atoms with Gasteiger partial charge >= 0.3 is 0 Å². The summed E-state index contributed by atoms with van der Waals surface area (Å²) in [6, 6.07) is 7.41. The Bertz CT molecular complexity index is 407. The van der Waals surface area contributed by atoms with E-state index in [0.717, 1.165) is 0 Å². The van der Waals surface area contributed by atoms with Crippen molar-refractivity contribution >= 4 is 5.57 Å². The summed E-state index contributed by atoms with van der Waals surface area (Å²) >= 11 is 0. The minimum Gasteiger partial charge on any atom is -0.299 e. The normalized spacial score (nSPS) is 29.6. The number of rotatable bonds is 1. The second-order valence-electron chi connectivity index (χ2n) is 4.58. The fourth-order valence-electron chi connectivity index (χ4n) is 2.82. The highest BCUT2D eigenvalue weighted by Crippen LogP contribution is 2.40. The largest absolute Gasteiger partial charge is 0.299 e. The summed E-state index contributed by atoms with van der Waals surface area (Å²) in [6.45, 7) is 1.18. The SMILES string of the molecule is CN1C[C@@H]2C=C(c3ccc(F)cc3)[C@H]1C2. The third-order valence-corrected chi connectivity index (χ3v) is 3.53. The second-order valence-corrected chi connectivity index (χ2v) is 4.58. The van der Waals surface area contributed by atoms with Crippen molar-refractivity contribution in [2.24, 2.45) is 5.92 Å². The molecule has 0 aromatic heterocycles. The van der Waals surface area contributed by atoms with Gasteiger partial charge in [-0.05, 0) is 42.7 Å². The van der Waals surface area contributed by atoms with E-state index in [0.29, 0.717) is 12.0 Å². The molecule has 0 spiro atoms. The van der Waals surface area contributed by atoms with Crippen molar-refractivity contribution in [1.82, 2.24) is 4.90 Å². The fourth-order valence-corrected chi connectivity index (χ4v) is 2.82. The smallest absolute Gasteiger partial charge is 0.123 e. The van der Waals surface area contributed by atoms with Crippen LogP contribution in [0.3, 0.4) is 0 Å². The summed E-state index contributed by atoms with van der Waals surface area (Å²) in [5, 5.41) is 0. The molecule has 0 radical (unpaired) electrons. The molecule has 2 bridgehead atoms. The molecule has 2 aliphatic rings. The predicted molar refractivity (Wildman–Crippen MR) is 58.9 cm³/mol. The summed E-state index contributed by atoms with van der Waals surface area (Å²) in [7, 11) is 2.17. The molecule has 1 aromatic carbocycles. The second kappa shape index (κ2) is 3.17. The van der Waals surface area contributed by atoms with Crippen LogP contribution in [0.15, 0.2) is 30.3 Å². The van der Waals surface area contributed by atoms with Gasteiger partial charge in [0.1, 0.15) is 5.82 Å². The first-order valence-electron chi connectivity index (χ1n) is 5.42. The highest BCUT2D eigenvalue weighted by molar-refractivity contribution is 5.73. The van der Waals surface area contributed by atoms with Crippen LogP contribution in [0.4, 0.5) is 4.39 Å². The van der Waals surface area contributed by atoms with Gasteiger partial charge in [-0.2, -0.15) is 0 Å². The van der Waals surface area contributed by atoms with Crippen LogP contribution in [0, 0.1) is 11.7 Å². The van der Waals surface area contributed by atoms with E-state index in [1.165, 1.54) is 24.1 Å². The zero-order chi connectivity index (χ0) is 10.4. The number of halogens is 1. The average molecular weight is 203 g/mol. The van der Waals surface area contributed by atoms with Gasteiger partial charge in [-0.1, -0.05) is 18.2 Å². The van der Waals surface area contributed by atoms with Gasteiger partial charge in [-0.3, -0.25) is 4.90 Å². The van der Waals surface area contributed by atoms with Crippen molar-refractivity contribution in [3.8, 4) is 0 Å². The Balaban J connectivity index is 1.96. The molecule has 0 unspecified atom stereocenters. The molecule has 0 saturated carbocycles. The Kier molecular flexibility index (Phi) is 1.93. The van der Waals surface area contributed by atoms with Crippen molar-refractivity contribution in [3.05, 3.63) is 41.7 Å². The van der Waals surface area contributed by atoms with Gasteiger partial charge in [0.15, 0.2) is 0 Å². The minimum absolute atomic E-state index is 0.157. The van der Waals surface area contributed by atoms with E-state index in [4.69, 9.17) is 0 Å². The molecular weight excluding hydrogens is 189 g/mol. The standard InChI is InChI=1S/C13H14FN/c1-15-8-9-6-12(13(15)7-9)10-2-4-11(14)5-3-10/h2-6,9,13H,7-8H2,1H3/t9-,13-/m1/s1. The maximum atomic E-state index is 12.8. The molecule has 15 heavy (non-hydrogen) atoms. The molecule has 0 N–H and O–H groups in total. The van der Waals surface area contributed by atoms with Crippen molar-refractivity contribution in [1.29, 1.82) is 0 Å². The first kappa shape index (κ1) is 9.10. The number of hydrogen-bond donors (Lipinski definition) is 0. The quantitative estimate of drug-likeness (QED) is 0.678. The predicted octanol–water partition coefficient (Wildman–Crippen LogP) is 2.54. The van der Waals surface area contributed by atoms with E-state index in [2.05, 4.69) is 18.0 Å². The Morgan fingerprint density at radius 1 is 1.27 bits per heavy atom. The van der Waals surface area contributed by atoms with Gasteiger partial charge in [-0.25, -0.2) is 4.39 Å². The first-order chi connectivity index (χ1) is 7.24. The lowest BCUT2D eigenvalue weighted by atomic mass is 10.0. The molecule has 78 valence electrons. The van der Waals surface area contributed by atoms with Crippen molar-refractivity contribution < 1.29 is 4.39 Å². The molecule has 2 heteroatoms. The zero-order valence-corrected chi connectivity index (χ0v) is 8.78. The first-order valence-corrected chi connectivity index (χ1v) is 5.42. The topological polar surface area (TPSA) is 3.24 Å². The van der Waals surface area contributed by atoms with E-state index in [-0.39, 0.29) is 5.82 Å². The number of fused-ring (bicyclic) bond motifs is 2. The Labute approximate surface area is 89.2 Å². The van der Waals surface area contributed by atoms with Gasteiger partial charge in [0.05, 0.1) is 0 Å². The fraction of sp³-hybridized carbons (Fsp3) is 0.385. The lowest BCUT2D eigenvalue weighted by molar-refractivity contribution is 0.353. The van der Waals surface area contributed by atoms with Crippen molar-refractivity contribution in [2.45, 2.75) is 12.5 Å². The molecule has 3 rings (SSSR count). The van der Waals surface area contributed by atoms with Gasteiger partial charge in [0.25, 0.3) is 0 Å². The molecule has 2 atom stereocenters. The lowest BCUT2D eigenvalue weighted by Gasteiger charge is -2.24. The number of nitrogens with zero attached hydrogens (tertiary/aromatic N) is 1. The number of hydrogen-bond acceptors (Lipinski definition) is 1. The van der Waals surface area contributed by atoms with Crippen LogP contribution in [0.2, 0.25) is 0 Å². The minimum atomic E-state index is -0.157. The monoisotopic (exact) mass is 203 g/mol. The third-order valence-electron chi connectivity index (χ3n) is 3.53. The molecule has 1 heterocycles. The average Bonchev–Trinajstić information content (AvgIpc) is 2.77. The number of likely N-dealkylation sites (N-methyl/N-ethyl adjacent to an activating group) is 1. The van der Waals surface area contributed by atoms with Crippen molar-refractivity contribution in [2.75, 3.05) is 13.6 Å². The maximum Gasteiger partial charge on any atom is 0.123 e. The van der Waals surface area contributed by atoms with E-state index >= 15 is 0 Å². The Morgan fingerprint density at radius 3 is 2.60 bits per heavy atom. The molecule has 1 saturated heterocycles. The third kappa shape index (κ3) is 1.40. The zero-order valence-electron chi connectivity index (χ0n) is 8.78. The van der Waals surface area contributed by atoms with Gasteiger partial charge < -0.3 is 0 Å². The summed E-state index contributed by atoms with van der Waals surface area (Å²) in [5.74, 6) is 0.552. The van der Waals surface area contributed by atoms with Crippen LogP contribution in [-0.4, -0.2) is 24.5 Å².